The third-order valence-corrected chi connectivity index (χ3v) is 7.73. The van der Waals surface area contributed by atoms with E-state index in [0.29, 0.717) is 32.0 Å². The molecule has 0 unspecified atom stereocenters. The summed E-state index contributed by atoms with van der Waals surface area (Å²) in [5.74, 6) is 0.749. The van der Waals surface area contributed by atoms with Gasteiger partial charge < -0.3 is 10.6 Å². The molecule has 0 saturated carbocycles. The predicted octanol–water partition coefficient (Wildman–Crippen LogP) is 2.30. The number of carbonyl (C=O) groups is 1. The maximum Gasteiger partial charge on any atom is 0.248 e. The number of anilines is 1. The number of carbonyl (C=O) groups excluding carboxylic acids is 1. The van der Waals surface area contributed by atoms with Crippen molar-refractivity contribution in [2.75, 3.05) is 31.1 Å². The van der Waals surface area contributed by atoms with E-state index in [-0.39, 0.29) is 10.5 Å². The van der Waals surface area contributed by atoms with Gasteiger partial charge in [0, 0.05) is 55.1 Å². The SMILES string of the molecule is NC(=O)c1ccc(S(=O)(=O)N2CCN(c3nc(-c4cccnc4)nc4ccccc34)CC2)cc1. The van der Waals surface area contributed by atoms with Gasteiger partial charge in [0.25, 0.3) is 0 Å². The molecule has 0 aliphatic carbocycles. The molecule has 1 fully saturated rings. The van der Waals surface area contributed by atoms with Crippen LogP contribution in [0.1, 0.15) is 10.4 Å². The molecule has 9 nitrogen and oxygen atoms in total. The number of pyridine rings is 1. The van der Waals surface area contributed by atoms with Crippen molar-refractivity contribution in [2.45, 2.75) is 4.90 Å². The Kier molecular flexibility index (Phi) is 5.68. The van der Waals surface area contributed by atoms with Gasteiger partial charge in [-0.2, -0.15) is 4.31 Å². The molecule has 0 atom stereocenters. The molecule has 0 bridgehead atoms. The van der Waals surface area contributed by atoms with Gasteiger partial charge in [-0.1, -0.05) is 12.1 Å². The number of benzene rings is 2. The fourth-order valence-corrected chi connectivity index (χ4v) is 5.43. The summed E-state index contributed by atoms with van der Waals surface area (Å²) < 4.78 is 27.7. The number of nitrogens with two attached hydrogens (primary N) is 1. The monoisotopic (exact) mass is 474 g/mol. The molecule has 2 N–H and O–H groups in total. The lowest BCUT2D eigenvalue weighted by atomic mass is 10.2. The van der Waals surface area contributed by atoms with Gasteiger partial charge in [0.15, 0.2) is 5.82 Å². The van der Waals surface area contributed by atoms with Crippen LogP contribution in [0.25, 0.3) is 22.3 Å². The minimum absolute atomic E-state index is 0.136. The second-order valence-corrected chi connectivity index (χ2v) is 9.85. The molecule has 34 heavy (non-hydrogen) atoms. The Morgan fingerprint density at radius 1 is 0.882 bits per heavy atom. The molecule has 0 radical (unpaired) electrons. The number of rotatable bonds is 5. The molecule has 2 aromatic carbocycles. The van der Waals surface area contributed by atoms with Gasteiger partial charge in [-0.3, -0.25) is 9.78 Å². The molecular weight excluding hydrogens is 452 g/mol. The van der Waals surface area contributed by atoms with Crippen molar-refractivity contribution in [3.8, 4) is 11.4 Å². The predicted molar refractivity (Wildman–Crippen MR) is 129 cm³/mol. The Labute approximate surface area is 196 Å². The van der Waals surface area contributed by atoms with Crippen LogP contribution in [0.4, 0.5) is 5.82 Å². The van der Waals surface area contributed by atoms with Gasteiger partial charge in [-0.25, -0.2) is 18.4 Å². The average Bonchev–Trinajstić information content (AvgIpc) is 2.88. The zero-order valence-electron chi connectivity index (χ0n) is 18.2. The Balaban J connectivity index is 1.41. The highest BCUT2D eigenvalue weighted by Crippen LogP contribution is 2.29. The number of amides is 1. The zero-order chi connectivity index (χ0) is 23.7. The molecule has 1 amide bonds. The first-order chi connectivity index (χ1) is 16.4. The van der Waals surface area contributed by atoms with Crippen LogP contribution in [0.15, 0.2) is 78.0 Å². The van der Waals surface area contributed by atoms with Gasteiger partial charge in [0.2, 0.25) is 15.9 Å². The Morgan fingerprint density at radius 3 is 2.29 bits per heavy atom. The molecule has 1 aliphatic heterocycles. The highest BCUT2D eigenvalue weighted by Gasteiger charge is 2.30. The quantitative estimate of drug-likeness (QED) is 0.471. The van der Waals surface area contributed by atoms with E-state index in [4.69, 9.17) is 15.7 Å². The smallest absolute Gasteiger partial charge is 0.248 e. The number of piperazine rings is 1. The Bertz CT molecular complexity index is 1450. The summed E-state index contributed by atoms with van der Waals surface area (Å²) in [4.78, 5) is 27.2. The summed E-state index contributed by atoms with van der Waals surface area (Å²) in [7, 11) is -3.69. The lowest BCUT2D eigenvalue weighted by Gasteiger charge is -2.35. The number of hydrogen-bond acceptors (Lipinski definition) is 7. The Hall–Kier alpha value is -3.89. The summed E-state index contributed by atoms with van der Waals surface area (Å²) in [6, 6.07) is 17.2. The van der Waals surface area contributed by atoms with Crippen LogP contribution in [-0.2, 0) is 10.0 Å². The normalized spacial score (nSPS) is 14.9. The summed E-state index contributed by atoms with van der Waals surface area (Å²) in [5, 5.41) is 0.911. The van der Waals surface area contributed by atoms with Crippen LogP contribution in [-0.4, -0.2) is 59.8 Å². The zero-order valence-corrected chi connectivity index (χ0v) is 19.0. The van der Waals surface area contributed by atoms with Gasteiger partial charge in [0.1, 0.15) is 5.82 Å². The standard InChI is InChI=1S/C24H22N6O3S/c25-22(31)17-7-9-19(10-8-17)34(32,33)30-14-12-29(13-15-30)24-20-5-1-2-6-21(20)27-23(28-24)18-4-3-11-26-16-18/h1-11,16H,12-15H2,(H2,25,31). The van der Waals surface area contributed by atoms with Gasteiger partial charge in [-0.15, -0.1) is 0 Å². The second-order valence-electron chi connectivity index (χ2n) is 7.91. The summed E-state index contributed by atoms with van der Waals surface area (Å²) in [6.45, 7) is 1.57. The van der Waals surface area contributed by atoms with Crippen molar-refractivity contribution in [3.05, 3.63) is 78.6 Å². The van der Waals surface area contributed by atoms with E-state index in [0.717, 1.165) is 22.3 Å². The fraction of sp³-hybridized carbons (Fsp3) is 0.167. The fourth-order valence-electron chi connectivity index (χ4n) is 4.01. The van der Waals surface area contributed by atoms with E-state index < -0.39 is 15.9 Å². The molecule has 1 aliphatic rings. The van der Waals surface area contributed by atoms with E-state index >= 15 is 0 Å². The van der Waals surface area contributed by atoms with Crippen LogP contribution >= 0.6 is 0 Å². The van der Waals surface area contributed by atoms with Gasteiger partial charge >= 0.3 is 0 Å². The number of sulfonamides is 1. The highest BCUT2D eigenvalue weighted by atomic mass is 32.2. The Morgan fingerprint density at radius 2 is 1.62 bits per heavy atom. The highest BCUT2D eigenvalue weighted by molar-refractivity contribution is 7.89. The van der Waals surface area contributed by atoms with E-state index in [1.54, 1.807) is 12.4 Å². The van der Waals surface area contributed by atoms with Crippen LogP contribution < -0.4 is 10.6 Å². The minimum atomic E-state index is -3.69. The summed E-state index contributed by atoms with van der Waals surface area (Å²) in [6.07, 6.45) is 3.43. The summed E-state index contributed by atoms with van der Waals surface area (Å²) in [5.41, 5.74) is 7.15. The number of hydrogen-bond donors (Lipinski definition) is 1. The first-order valence-electron chi connectivity index (χ1n) is 10.8. The summed E-state index contributed by atoms with van der Waals surface area (Å²) >= 11 is 0. The van der Waals surface area contributed by atoms with Gasteiger partial charge in [-0.05, 0) is 48.5 Å². The number of fused-ring (bicyclic) bond motifs is 1. The number of primary amides is 1. The van der Waals surface area contributed by atoms with Crippen molar-refractivity contribution < 1.29 is 13.2 Å². The molecule has 0 spiro atoms. The number of aromatic nitrogens is 3. The molecule has 1 saturated heterocycles. The van der Waals surface area contributed by atoms with Crippen molar-refractivity contribution in [3.63, 3.8) is 0 Å². The third-order valence-electron chi connectivity index (χ3n) is 5.82. The van der Waals surface area contributed by atoms with Crippen LogP contribution in [0.5, 0.6) is 0 Å². The maximum atomic E-state index is 13.1. The van der Waals surface area contributed by atoms with Gasteiger partial charge in [0.05, 0.1) is 10.4 Å². The molecule has 4 aromatic rings. The largest absolute Gasteiger partial charge is 0.366 e. The molecular formula is C24H22N6O3S. The maximum absolute atomic E-state index is 13.1. The topological polar surface area (TPSA) is 122 Å². The van der Waals surface area contributed by atoms with E-state index in [1.165, 1.54) is 28.6 Å². The van der Waals surface area contributed by atoms with Crippen LogP contribution in [0.3, 0.4) is 0 Å². The van der Waals surface area contributed by atoms with Crippen LogP contribution in [0, 0.1) is 0 Å². The first-order valence-corrected chi connectivity index (χ1v) is 12.2. The average molecular weight is 475 g/mol. The number of nitrogens with zero attached hydrogens (tertiary/aromatic N) is 5. The van der Waals surface area contributed by atoms with Crippen molar-refractivity contribution in [2.24, 2.45) is 5.73 Å². The second kappa shape index (κ2) is 8.81. The van der Waals surface area contributed by atoms with E-state index in [9.17, 15) is 13.2 Å². The van der Waals surface area contributed by atoms with Crippen molar-refractivity contribution in [1.29, 1.82) is 0 Å². The lowest BCUT2D eigenvalue weighted by molar-refractivity contribution is 0.1000. The van der Waals surface area contributed by atoms with E-state index in [2.05, 4.69) is 9.88 Å². The molecule has 2 aromatic heterocycles. The van der Waals surface area contributed by atoms with Crippen LogP contribution in [0.2, 0.25) is 0 Å². The van der Waals surface area contributed by atoms with Crippen molar-refractivity contribution >= 4 is 32.7 Å². The molecule has 5 rings (SSSR count). The third kappa shape index (κ3) is 4.09. The molecule has 172 valence electrons. The van der Waals surface area contributed by atoms with Crippen molar-refractivity contribution in [1.82, 2.24) is 19.3 Å². The number of para-hydroxylation sites is 1. The van der Waals surface area contributed by atoms with E-state index in [1.807, 2.05) is 36.4 Å². The minimum Gasteiger partial charge on any atom is -0.366 e. The lowest BCUT2D eigenvalue weighted by Crippen LogP contribution is -2.49. The first kappa shape index (κ1) is 21.9. The molecule has 10 heteroatoms. The molecule has 3 heterocycles.